The molecule has 1 aromatic heterocycles. The summed E-state index contributed by atoms with van der Waals surface area (Å²) in [4.78, 5) is 19.9. The summed E-state index contributed by atoms with van der Waals surface area (Å²) >= 11 is 5.89. The molecule has 0 aliphatic rings. The standard InChI is InChI=1S/C23H19ClFN4O2.CHO3.Y/c1-30-21-13-20-17(12-22(21)31-10-9-26-15-5-3-2-4-6-15)23(28-14-27-20)29-16-7-8-19(25)18(24)11-16;2-1-4-3;/h3-8,11-14,26H,9-10H2,1H3,(H,27,28,29);3H;/q2*-1;. The Hall–Kier alpha value is -3.05. The third-order valence-corrected chi connectivity index (χ3v) is 4.84. The van der Waals surface area contributed by atoms with Crippen LogP contribution in [0.2, 0.25) is 5.02 Å². The maximum absolute atomic E-state index is 13.5. The summed E-state index contributed by atoms with van der Waals surface area (Å²) in [6.07, 6.45) is 1.44. The average Bonchev–Trinajstić information content (AvgIpc) is 2.89. The van der Waals surface area contributed by atoms with Crippen molar-refractivity contribution in [2.24, 2.45) is 0 Å². The fourth-order valence-corrected chi connectivity index (χ4v) is 3.19. The largest absolute Gasteiger partial charge is 0.509 e. The zero-order chi connectivity index (χ0) is 25.0. The number of fused-ring (bicyclic) bond motifs is 1. The van der Waals surface area contributed by atoms with Crippen molar-refractivity contribution in [1.29, 1.82) is 0 Å². The van der Waals surface area contributed by atoms with E-state index in [2.05, 4.69) is 31.6 Å². The van der Waals surface area contributed by atoms with Crippen molar-refractivity contribution < 1.29 is 61.5 Å². The van der Waals surface area contributed by atoms with Crippen LogP contribution in [-0.2, 0) is 42.4 Å². The van der Waals surface area contributed by atoms with Crippen molar-refractivity contribution in [1.82, 2.24) is 9.97 Å². The minimum absolute atomic E-state index is 0. The summed E-state index contributed by atoms with van der Waals surface area (Å²) in [6, 6.07) is 18.5. The maximum Gasteiger partial charge on any atom is 0.162 e. The number of hydrogen-bond acceptors (Lipinski definition) is 9. The molecule has 0 aliphatic heterocycles. The first-order chi connectivity index (χ1) is 17.0. The number of aromatic nitrogens is 2. The van der Waals surface area contributed by atoms with Gasteiger partial charge in [0, 0.05) is 56.4 Å². The normalized spacial score (nSPS) is 9.78. The van der Waals surface area contributed by atoms with Crippen LogP contribution < -0.4 is 20.1 Å². The first-order valence-corrected chi connectivity index (χ1v) is 10.5. The van der Waals surface area contributed by atoms with Crippen LogP contribution >= 0.6 is 11.6 Å². The van der Waals surface area contributed by atoms with Crippen LogP contribution in [0.1, 0.15) is 0 Å². The molecule has 0 saturated carbocycles. The van der Waals surface area contributed by atoms with Crippen LogP contribution in [0.4, 0.5) is 21.6 Å². The van der Waals surface area contributed by atoms with Gasteiger partial charge in [-0.25, -0.2) is 19.6 Å². The van der Waals surface area contributed by atoms with E-state index in [1.165, 1.54) is 18.5 Å². The SMILES string of the molecule is COc1cc2ncnc(Nc3ccc(F)c(Cl)c3)c2cc1OCCNc1cc[c-]cc1.O=[C-]OO.[Y]. The van der Waals surface area contributed by atoms with E-state index in [9.17, 15) is 4.39 Å². The summed E-state index contributed by atoms with van der Waals surface area (Å²) in [6.45, 7) is 1.76. The van der Waals surface area contributed by atoms with Crippen molar-refractivity contribution in [2.75, 3.05) is 30.9 Å². The van der Waals surface area contributed by atoms with Gasteiger partial charge in [-0.2, -0.15) is 18.2 Å². The summed E-state index contributed by atoms with van der Waals surface area (Å²) in [5.74, 6) is 1.19. The van der Waals surface area contributed by atoms with Crippen molar-refractivity contribution in [2.45, 2.75) is 0 Å². The third-order valence-electron chi connectivity index (χ3n) is 4.55. The van der Waals surface area contributed by atoms with Gasteiger partial charge >= 0.3 is 0 Å². The second kappa shape index (κ2) is 15.2. The molecule has 0 unspecified atom stereocenters. The van der Waals surface area contributed by atoms with Gasteiger partial charge in [0.05, 0.1) is 17.6 Å². The van der Waals surface area contributed by atoms with E-state index in [0.717, 1.165) is 17.5 Å². The molecule has 0 fully saturated rings. The van der Waals surface area contributed by atoms with Crippen LogP contribution in [0.3, 0.4) is 0 Å². The molecule has 0 amide bonds. The van der Waals surface area contributed by atoms with Crippen LogP contribution in [-0.4, -0.2) is 42.0 Å². The number of nitrogens with one attached hydrogen (secondary N) is 2. The van der Waals surface area contributed by atoms with Gasteiger partial charge in [0.2, 0.25) is 0 Å². The molecule has 4 aromatic rings. The zero-order valence-corrected chi connectivity index (χ0v) is 22.6. The monoisotopic (exact) mass is 587 g/mol. The first kappa shape index (κ1) is 29.2. The molecule has 0 spiro atoms. The molecule has 185 valence electrons. The molecule has 0 bridgehead atoms. The topological polar surface area (TPSA) is 115 Å². The second-order valence-electron chi connectivity index (χ2n) is 6.73. The van der Waals surface area contributed by atoms with Crippen LogP contribution in [0, 0.1) is 11.9 Å². The Morgan fingerprint density at radius 2 is 1.86 bits per heavy atom. The van der Waals surface area contributed by atoms with Gasteiger partial charge < -0.3 is 29.8 Å². The van der Waals surface area contributed by atoms with Crippen LogP contribution in [0.15, 0.2) is 60.9 Å². The molecule has 1 heterocycles. The number of nitrogens with zero attached hydrogens (tertiary/aromatic N) is 2. The maximum atomic E-state index is 13.5. The van der Waals surface area contributed by atoms with Gasteiger partial charge in [-0.05, 0) is 30.7 Å². The van der Waals surface area contributed by atoms with Crippen molar-refractivity contribution in [3.05, 3.63) is 77.8 Å². The summed E-state index contributed by atoms with van der Waals surface area (Å²) < 4.78 is 24.9. The summed E-state index contributed by atoms with van der Waals surface area (Å²) in [5, 5.41) is 14.1. The Bertz CT molecular complexity index is 1270. The van der Waals surface area contributed by atoms with Crippen LogP contribution in [0.25, 0.3) is 10.9 Å². The molecular weight excluding hydrogens is 568 g/mol. The molecule has 0 atom stereocenters. The predicted octanol–water partition coefficient (Wildman–Crippen LogP) is 5.01. The van der Waals surface area contributed by atoms with Crippen LogP contribution in [0.5, 0.6) is 11.5 Å². The van der Waals surface area contributed by atoms with Crippen molar-refractivity contribution in [3.63, 3.8) is 0 Å². The van der Waals surface area contributed by atoms with E-state index in [1.807, 2.05) is 30.3 Å². The molecule has 3 aromatic carbocycles. The molecule has 12 heteroatoms. The fourth-order valence-electron chi connectivity index (χ4n) is 3.01. The zero-order valence-electron chi connectivity index (χ0n) is 19.0. The van der Waals surface area contributed by atoms with E-state index in [0.29, 0.717) is 41.7 Å². The van der Waals surface area contributed by atoms with E-state index >= 15 is 0 Å². The molecule has 36 heavy (non-hydrogen) atoms. The van der Waals surface area contributed by atoms with Gasteiger partial charge in [-0.1, -0.05) is 17.3 Å². The molecule has 9 nitrogen and oxygen atoms in total. The molecular formula is C24H20ClFN4O5Y-2. The van der Waals surface area contributed by atoms with E-state index in [1.54, 1.807) is 19.2 Å². The molecule has 3 N–H and O–H groups in total. The number of carbonyl (C=O) groups excluding carboxylic acids is 1. The minimum Gasteiger partial charge on any atom is -0.509 e. The molecule has 1 radical (unpaired) electrons. The van der Waals surface area contributed by atoms with Gasteiger partial charge in [-0.3, -0.25) is 0 Å². The summed E-state index contributed by atoms with van der Waals surface area (Å²) in [7, 11) is 1.58. The van der Waals surface area contributed by atoms with E-state index in [-0.39, 0.29) is 37.7 Å². The number of ether oxygens (including phenoxy) is 2. The number of benzene rings is 3. The number of rotatable bonds is 9. The van der Waals surface area contributed by atoms with E-state index < -0.39 is 5.82 Å². The van der Waals surface area contributed by atoms with E-state index in [4.69, 9.17) is 31.1 Å². The van der Waals surface area contributed by atoms with Gasteiger partial charge in [-0.15, -0.1) is 12.1 Å². The third kappa shape index (κ3) is 8.27. The van der Waals surface area contributed by atoms with Crippen molar-refractivity contribution in [3.8, 4) is 11.5 Å². The first-order valence-electron chi connectivity index (χ1n) is 10.1. The summed E-state index contributed by atoms with van der Waals surface area (Å²) in [5.41, 5.74) is 2.27. The fraction of sp³-hybridized carbons (Fsp3) is 0.125. The smallest absolute Gasteiger partial charge is 0.162 e. The Morgan fingerprint density at radius 1 is 1.11 bits per heavy atom. The Labute approximate surface area is 236 Å². The van der Waals surface area contributed by atoms with Gasteiger partial charge in [0.25, 0.3) is 0 Å². The number of halogens is 2. The van der Waals surface area contributed by atoms with Gasteiger partial charge in [0.15, 0.2) is 11.5 Å². The number of anilines is 3. The average molecular weight is 588 g/mol. The molecule has 0 saturated heterocycles. The predicted molar refractivity (Wildman–Crippen MR) is 129 cm³/mol. The molecule has 0 aliphatic carbocycles. The Kier molecular flexibility index (Phi) is 12.3. The second-order valence-corrected chi connectivity index (χ2v) is 7.14. The number of methoxy groups -OCH3 is 1. The van der Waals surface area contributed by atoms with Gasteiger partial charge in [0.1, 0.15) is 24.6 Å². The Morgan fingerprint density at radius 3 is 2.53 bits per heavy atom. The Balaban J connectivity index is 0.000000850. The van der Waals surface area contributed by atoms with Crippen molar-refractivity contribution >= 4 is 46.2 Å². The molecule has 4 rings (SSSR count). The minimum atomic E-state index is -0.484. The quantitative estimate of drug-likeness (QED) is 0.108. The number of hydrogen-bond donors (Lipinski definition) is 3.